The second kappa shape index (κ2) is 6.41. The van der Waals surface area contributed by atoms with Crippen LogP contribution in [0.1, 0.15) is 22.2 Å². The van der Waals surface area contributed by atoms with Crippen molar-refractivity contribution in [2.24, 2.45) is 0 Å². The quantitative estimate of drug-likeness (QED) is 0.792. The Bertz CT molecular complexity index is 505. The molecule has 0 amide bonds. The smallest absolute Gasteiger partial charge is 0.343 e. The Morgan fingerprint density at radius 3 is 2.74 bits per heavy atom. The van der Waals surface area contributed by atoms with E-state index in [0.717, 1.165) is 0 Å². The minimum Gasteiger partial charge on any atom is -0.465 e. The van der Waals surface area contributed by atoms with Gasteiger partial charge in [0.25, 0.3) is 0 Å². The molecule has 0 aliphatic carbocycles. The molecule has 7 heteroatoms. The molecule has 19 heavy (non-hydrogen) atoms. The van der Waals surface area contributed by atoms with Gasteiger partial charge in [-0.25, -0.2) is 4.79 Å². The molecule has 3 N–H and O–H groups in total. The van der Waals surface area contributed by atoms with Crippen LogP contribution in [0.5, 0.6) is 0 Å². The molecule has 0 bridgehead atoms. The summed E-state index contributed by atoms with van der Waals surface area (Å²) in [7, 11) is 5.23. The molecule has 104 valence electrons. The number of ether oxygens (including phenoxy) is 1. The fraction of sp³-hybridized carbons (Fsp3) is 0.500. The SMILES string of the molecule is COC(=O)c1c(NCC(C)N(C)C)sc(C#N)c1N. The molecule has 0 fully saturated rings. The number of hydrogen-bond donors (Lipinski definition) is 2. The zero-order valence-corrected chi connectivity index (χ0v) is 12.3. The number of rotatable bonds is 5. The van der Waals surface area contributed by atoms with Gasteiger partial charge < -0.3 is 20.7 Å². The monoisotopic (exact) mass is 282 g/mol. The fourth-order valence-corrected chi connectivity index (χ4v) is 2.29. The zero-order valence-electron chi connectivity index (χ0n) is 11.5. The highest BCUT2D eigenvalue weighted by Gasteiger charge is 2.23. The first-order valence-electron chi connectivity index (χ1n) is 5.73. The maximum atomic E-state index is 11.7. The van der Waals surface area contributed by atoms with Crippen molar-refractivity contribution in [3.05, 3.63) is 10.4 Å². The van der Waals surface area contributed by atoms with Crippen LogP contribution in [0.25, 0.3) is 0 Å². The van der Waals surface area contributed by atoms with E-state index in [1.807, 2.05) is 32.0 Å². The van der Waals surface area contributed by atoms with Gasteiger partial charge >= 0.3 is 5.97 Å². The van der Waals surface area contributed by atoms with Crippen molar-refractivity contribution in [1.29, 1.82) is 5.26 Å². The number of hydrogen-bond acceptors (Lipinski definition) is 7. The summed E-state index contributed by atoms with van der Waals surface area (Å²) in [4.78, 5) is 14.1. The average Bonchev–Trinajstić information content (AvgIpc) is 2.71. The first-order chi connectivity index (χ1) is 8.92. The van der Waals surface area contributed by atoms with E-state index in [9.17, 15) is 4.79 Å². The fourth-order valence-electron chi connectivity index (χ4n) is 1.38. The van der Waals surface area contributed by atoms with Crippen molar-refractivity contribution in [2.75, 3.05) is 38.8 Å². The van der Waals surface area contributed by atoms with Gasteiger partial charge in [0, 0.05) is 12.6 Å². The Kier molecular flexibility index (Phi) is 5.15. The van der Waals surface area contributed by atoms with E-state index in [2.05, 4.69) is 5.32 Å². The van der Waals surface area contributed by atoms with Gasteiger partial charge in [0.1, 0.15) is 21.5 Å². The van der Waals surface area contributed by atoms with E-state index in [-0.39, 0.29) is 17.3 Å². The minimum absolute atomic E-state index is 0.180. The molecule has 1 unspecified atom stereocenters. The normalized spacial score (nSPS) is 12.0. The number of nitrogens with two attached hydrogens (primary N) is 1. The van der Waals surface area contributed by atoms with Crippen LogP contribution in [-0.4, -0.2) is 44.7 Å². The number of methoxy groups -OCH3 is 1. The summed E-state index contributed by atoms with van der Waals surface area (Å²) in [5.74, 6) is -0.532. The summed E-state index contributed by atoms with van der Waals surface area (Å²) in [6, 6.07) is 2.26. The molecule has 0 aromatic carbocycles. The molecule has 1 aromatic rings. The lowest BCUT2D eigenvalue weighted by Gasteiger charge is -2.20. The molecule has 1 heterocycles. The Hall–Kier alpha value is -1.78. The van der Waals surface area contributed by atoms with E-state index in [0.29, 0.717) is 16.4 Å². The van der Waals surface area contributed by atoms with Crippen molar-refractivity contribution in [2.45, 2.75) is 13.0 Å². The van der Waals surface area contributed by atoms with Crippen LogP contribution in [-0.2, 0) is 4.74 Å². The van der Waals surface area contributed by atoms with Gasteiger partial charge in [-0.2, -0.15) is 5.26 Å². The Balaban J connectivity index is 3.00. The van der Waals surface area contributed by atoms with Crippen LogP contribution < -0.4 is 11.1 Å². The third kappa shape index (κ3) is 3.36. The number of nitrogens with zero attached hydrogens (tertiary/aromatic N) is 2. The lowest BCUT2D eigenvalue weighted by atomic mass is 10.2. The molecular weight excluding hydrogens is 264 g/mol. The molecule has 0 saturated carbocycles. The van der Waals surface area contributed by atoms with Crippen molar-refractivity contribution in [3.8, 4) is 6.07 Å². The minimum atomic E-state index is -0.532. The highest BCUT2D eigenvalue weighted by atomic mass is 32.1. The number of nitrogens with one attached hydrogen (secondary N) is 1. The molecule has 0 aliphatic rings. The molecule has 1 rings (SSSR count). The van der Waals surface area contributed by atoms with Crippen molar-refractivity contribution >= 4 is 28.0 Å². The maximum absolute atomic E-state index is 11.7. The van der Waals surface area contributed by atoms with Gasteiger partial charge in [-0.05, 0) is 21.0 Å². The summed E-state index contributed by atoms with van der Waals surface area (Å²) < 4.78 is 4.70. The topological polar surface area (TPSA) is 91.4 Å². The molecule has 1 aromatic heterocycles. The molecule has 6 nitrogen and oxygen atoms in total. The number of anilines is 2. The second-order valence-electron chi connectivity index (χ2n) is 4.35. The van der Waals surface area contributed by atoms with Crippen LogP contribution in [0, 0.1) is 11.3 Å². The van der Waals surface area contributed by atoms with E-state index in [1.54, 1.807) is 0 Å². The Labute approximate surface area is 116 Å². The lowest BCUT2D eigenvalue weighted by molar-refractivity contribution is 0.0603. The predicted octanol–water partition coefficient (Wildman–Crippen LogP) is 1.35. The number of esters is 1. The van der Waals surface area contributed by atoms with Crippen LogP contribution in [0.4, 0.5) is 10.7 Å². The molecular formula is C12H18N4O2S. The predicted molar refractivity (Wildman–Crippen MR) is 76.4 cm³/mol. The van der Waals surface area contributed by atoms with Crippen molar-refractivity contribution in [1.82, 2.24) is 4.90 Å². The van der Waals surface area contributed by atoms with Crippen LogP contribution in [0.3, 0.4) is 0 Å². The summed E-state index contributed by atoms with van der Waals surface area (Å²) in [6.45, 7) is 2.69. The first-order valence-corrected chi connectivity index (χ1v) is 6.55. The van der Waals surface area contributed by atoms with Gasteiger partial charge in [0.15, 0.2) is 0 Å². The van der Waals surface area contributed by atoms with E-state index < -0.39 is 5.97 Å². The average molecular weight is 282 g/mol. The number of nitrogen functional groups attached to an aromatic ring is 1. The van der Waals surface area contributed by atoms with Crippen molar-refractivity contribution in [3.63, 3.8) is 0 Å². The van der Waals surface area contributed by atoms with Crippen LogP contribution in [0.15, 0.2) is 0 Å². The molecule has 0 radical (unpaired) electrons. The number of thiophene rings is 1. The lowest BCUT2D eigenvalue weighted by Crippen LogP contribution is -2.31. The Morgan fingerprint density at radius 1 is 1.63 bits per heavy atom. The van der Waals surface area contributed by atoms with Crippen LogP contribution >= 0.6 is 11.3 Å². The summed E-state index contributed by atoms with van der Waals surface area (Å²) in [5.41, 5.74) is 6.22. The maximum Gasteiger partial charge on any atom is 0.343 e. The van der Waals surface area contributed by atoms with E-state index in [4.69, 9.17) is 15.7 Å². The summed E-state index contributed by atoms with van der Waals surface area (Å²) in [5, 5.41) is 12.7. The highest BCUT2D eigenvalue weighted by molar-refractivity contribution is 7.17. The molecule has 1 atom stereocenters. The number of carbonyl (C=O) groups is 1. The first kappa shape index (κ1) is 15.3. The Morgan fingerprint density at radius 2 is 2.26 bits per heavy atom. The van der Waals surface area contributed by atoms with Gasteiger partial charge in [-0.15, -0.1) is 11.3 Å². The molecule has 0 saturated heterocycles. The summed E-state index contributed by atoms with van der Waals surface area (Å²) >= 11 is 1.17. The second-order valence-corrected chi connectivity index (χ2v) is 5.37. The third-order valence-electron chi connectivity index (χ3n) is 2.88. The molecule has 0 aliphatic heterocycles. The standard InChI is InChI=1S/C12H18N4O2S/c1-7(16(2)3)6-15-11-9(12(17)18-4)10(14)8(5-13)19-11/h7,15H,6,14H2,1-4H3. The van der Waals surface area contributed by atoms with Crippen LogP contribution in [0.2, 0.25) is 0 Å². The molecule has 0 spiro atoms. The largest absolute Gasteiger partial charge is 0.465 e. The van der Waals surface area contributed by atoms with E-state index >= 15 is 0 Å². The van der Waals surface area contributed by atoms with Gasteiger partial charge in [0.05, 0.1) is 12.8 Å². The number of likely N-dealkylation sites (N-methyl/N-ethyl adjacent to an activating group) is 1. The number of carbonyl (C=O) groups excluding carboxylic acids is 1. The third-order valence-corrected chi connectivity index (χ3v) is 3.94. The van der Waals surface area contributed by atoms with Crippen molar-refractivity contribution < 1.29 is 9.53 Å². The van der Waals surface area contributed by atoms with Gasteiger partial charge in [-0.1, -0.05) is 0 Å². The summed E-state index contributed by atoms with van der Waals surface area (Å²) in [6.07, 6.45) is 0. The number of nitriles is 1. The van der Waals surface area contributed by atoms with Gasteiger partial charge in [0.2, 0.25) is 0 Å². The highest BCUT2D eigenvalue weighted by Crippen LogP contribution is 2.35. The van der Waals surface area contributed by atoms with Gasteiger partial charge in [-0.3, -0.25) is 0 Å². The van der Waals surface area contributed by atoms with E-state index in [1.165, 1.54) is 18.4 Å². The zero-order chi connectivity index (χ0) is 14.6.